The van der Waals surface area contributed by atoms with E-state index in [9.17, 15) is 0 Å². The van der Waals surface area contributed by atoms with Gasteiger partial charge < -0.3 is 16.0 Å². The standard InChI is InChI=1S/C14H27N5/c1-10-16-11(18-14(5,6)9-15)8-12(17-10)19(7)13(2,3)4/h8H,9,15H2,1-7H3,(H,16,17,18). The highest BCUT2D eigenvalue weighted by atomic mass is 15.2. The SMILES string of the molecule is Cc1nc(NC(C)(C)CN)cc(N(C)C(C)(C)C)n1. The molecule has 0 bridgehead atoms. The van der Waals surface area contributed by atoms with E-state index in [2.05, 4.69) is 54.8 Å². The van der Waals surface area contributed by atoms with Gasteiger partial charge in [0.2, 0.25) is 0 Å². The summed E-state index contributed by atoms with van der Waals surface area (Å²) in [6.07, 6.45) is 0. The zero-order chi connectivity index (χ0) is 14.8. The van der Waals surface area contributed by atoms with Gasteiger partial charge in [0.1, 0.15) is 17.5 Å². The smallest absolute Gasteiger partial charge is 0.134 e. The van der Waals surface area contributed by atoms with Crippen molar-refractivity contribution in [2.75, 3.05) is 23.8 Å². The van der Waals surface area contributed by atoms with Crippen molar-refractivity contribution in [3.8, 4) is 0 Å². The Morgan fingerprint density at radius 3 is 2.26 bits per heavy atom. The van der Waals surface area contributed by atoms with Crippen LogP contribution in [0.5, 0.6) is 0 Å². The minimum absolute atomic E-state index is 0.0153. The molecule has 108 valence electrons. The Bertz CT molecular complexity index is 434. The molecule has 0 saturated heterocycles. The Balaban J connectivity index is 3.08. The van der Waals surface area contributed by atoms with Gasteiger partial charge in [0.05, 0.1) is 0 Å². The van der Waals surface area contributed by atoms with Crippen LogP contribution in [0.3, 0.4) is 0 Å². The number of hydrogen-bond donors (Lipinski definition) is 2. The molecule has 19 heavy (non-hydrogen) atoms. The van der Waals surface area contributed by atoms with E-state index in [1.807, 2.05) is 20.0 Å². The Labute approximate surface area is 116 Å². The topological polar surface area (TPSA) is 67.1 Å². The maximum Gasteiger partial charge on any atom is 0.134 e. The molecule has 0 saturated carbocycles. The van der Waals surface area contributed by atoms with Crippen LogP contribution in [0.15, 0.2) is 6.07 Å². The lowest BCUT2D eigenvalue weighted by Gasteiger charge is -2.33. The maximum atomic E-state index is 5.74. The van der Waals surface area contributed by atoms with E-state index < -0.39 is 0 Å². The summed E-state index contributed by atoms with van der Waals surface area (Å²) < 4.78 is 0. The lowest BCUT2D eigenvalue weighted by Crippen LogP contribution is -2.40. The number of nitrogens with zero attached hydrogens (tertiary/aromatic N) is 3. The highest BCUT2D eigenvalue weighted by Gasteiger charge is 2.21. The monoisotopic (exact) mass is 265 g/mol. The molecule has 0 aliphatic heterocycles. The van der Waals surface area contributed by atoms with Gasteiger partial charge in [-0.2, -0.15) is 0 Å². The fraction of sp³-hybridized carbons (Fsp3) is 0.714. The summed E-state index contributed by atoms with van der Waals surface area (Å²) in [5.74, 6) is 2.48. The molecule has 0 aliphatic rings. The quantitative estimate of drug-likeness (QED) is 0.873. The summed E-state index contributed by atoms with van der Waals surface area (Å²) in [6.45, 7) is 13.0. The summed E-state index contributed by atoms with van der Waals surface area (Å²) in [5.41, 5.74) is 5.58. The lowest BCUT2D eigenvalue weighted by molar-refractivity contribution is 0.532. The number of anilines is 2. The van der Waals surface area contributed by atoms with Crippen LogP contribution < -0.4 is 16.0 Å². The number of aromatic nitrogens is 2. The zero-order valence-electron chi connectivity index (χ0n) is 13.2. The number of rotatable bonds is 4. The van der Waals surface area contributed by atoms with E-state index >= 15 is 0 Å². The van der Waals surface area contributed by atoms with Crippen LogP contribution in [0.25, 0.3) is 0 Å². The predicted molar refractivity (Wildman–Crippen MR) is 81.7 cm³/mol. The van der Waals surface area contributed by atoms with Gasteiger partial charge >= 0.3 is 0 Å². The van der Waals surface area contributed by atoms with Crippen LogP contribution >= 0.6 is 0 Å². The van der Waals surface area contributed by atoms with Crippen molar-refractivity contribution in [3.63, 3.8) is 0 Å². The van der Waals surface area contributed by atoms with Gasteiger partial charge in [0, 0.05) is 30.7 Å². The molecule has 1 rings (SSSR count). The molecule has 3 N–H and O–H groups in total. The number of nitrogens with two attached hydrogens (primary N) is 1. The molecule has 0 aliphatic carbocycles. The van der Waals surface area contributed by atoms with Crippen LogP contribution in [-0.2, 0) is 0 Å². The van der Waals surface area contributed by atoms with Crippen molar-refractivity contribution >= 4 is 11.6 Å². The lowest BCUT2D eigenvalue weighted by atomic mass is 10.1. The second-order valence-corrected chi connectivity index (χ2v) is 6.60. The Hall–Kier alpha value is -1.36. The van der Waals surface area contributed by atoms with E-state index in [-0.39, 0.29) is 11.1 Å². The largest absolute Gasteiger partial charge is 0.364 e. The molecule has 1 aromatic heterocycles. The second kappa shape index (κ2) is 5.33. The Morgan fingerprint density at radius 2 is 1.79 bits per heavy atom. The first-order valence-electron chi connectivity index (χ1n) is 6.63. The van der Waals surface area contributed by atoms with E-state index in [0.717, 1.165) is 17.5 Å². The van der Waals surface area contributed by atoms with Crippen molar-refractivity contribution in [1.82, 2.24) is 9.97 Å². The van der Waals surface area contributed by atoms with Crippen molar-refractivity contribution < 1.29 is 0 Å². The van der Waals surface area contributed by atoms with Crippen molar-refractivity contribution in [3.05, 3.63) is 11.9 Å². The summed E-state index contributed by atoms with van der Waals surface area (Å²) in [5, 5.41) is 3.35. The van der Waals surface area contributed by atoms with Crippen molar-refractivity contribution in [2.24, 2.45) is 5.73 Å². The molecule has 0 amide bonds. The minimum Gasteiger partial charge on any atom is -0.364 e. The fourth-order valence-electron chi connectivity index (χ4n) is 1.53. The third-order valence-electron chi connectivity index (χ3n) is 3.15. The number of nitrogens with one attached hydrogen (secondary N) is 1. The number of aryl methyl sites for hydroxylation is 1. The highest BCUT2D eigenvalue weighted by Crippen LogP contribution is 2.23. The molecule has 5 heteroatoms. The molecule has 1 aromatic rings. The molecule has 5 nitrogen and oxygen atoms in total. The average molecular weight is 265 g/mol. The number of hydrogen-bond acceptors (Lipinski definition) is 5. The highest BCUT2D eigenvalue weighted by molar-refractivity contribution is 5.51. The zero-order valence-corrected chi connectivity index (χ0v) is 13.2. The van der Waals surface area contributed by atoms with E-state index in [0.29, 0.717) is 6.54 Å². The van der Waals surface area contributed by atoms with Gasteiger partial charge in [-0.3, -0.25) is 0 Å². The maximum absolute atomic E-state index is 5.74. The van der Waals surface area contributed by atoms with Crippen LogP contribution in [0.2, 0.25) is 0 Å². The third kappa shape index (κ3) is 4.35. The summed E-state index contributed by atoms with van der Waals surface area (Å²) in [6, 6.07) is 1.97. The predicted octanol–water partition coefficient (Wildman–Crippen LogP) is 2.17. The Morgan fingerprint density at radius 1 is 1.21 bits per heavy atom. The van der Waals surface area contributed by atoms with Crippen LogP contribution in [0.1, 0.15) is 40.4 Å². The van der Waals surface area contributed by atoms with E-state index in [1.165, 1.54) is 0 Å². The molecule has 0 radical (unpaired) electrons. The van der Waals surface area contributed by atoms with Gasteiger partial charge in [-0.15, -0.1) is 0 Å². The minimum atomic E-state index is -0.182. The molecular weight excluding hydrogens is 238 g/mol. The molecule has 0 fully saturated rings. The van der Waals surface area contributed by atoms with Crippen LogP contribution in [0, 0.1) is 6.92 Å². The molecule has 0 unspecified atom stereocenters. The summed E-state index contributed by atoms with van der Waals surface area (Å²) >= 11 is 0. The fourth-order valence-corrected chi connectivity index (χ4v) is 1.53. The van der Waals surface area contributed by atoms with Gasteiger partial charge in [-0.1, -0.05) is 0 Å². The van der Waals surface area contributed by atoms with E-state index in [1.54, 1.807) is 0 Å². The normalized spacial score (nSPS) is 12.4. The van der Waals surface area contributed by atoms with Crippen LogP contribution in [0.4, 0.5) is 11.6 Å². The summed E-state index contributed by atoms with van der Waals surface area (Å²) in [4.78, 5) is 11.1. The molecule has 0 aromatic carbocycles. The molecule has 1 heterocycles. The molecular formula is C14H27N5. The third-order valence-corrected chi connectivity index (χ3v) is 3.15. The van der Waals surface area contributed by atoms with Crippen molar-refractivity contribution in [2.45, 2.75) is 52.6 Å². The first-order chi connectivity index (χ1) is 8.55. The van der Waals surface area contributed by atoms with E-state index in [4.69, 9.17) is 5.73 Å². The van der Waals surface area contributed by atoms with Crippen LogP contribution in [-0.4, -0.2) is 34.6 Å². The Kier molecular flexibility index (Phi) is 4.40. The van der Waals surface area contributed by atoms with Gasteiger partial charge in [0.15, 0.2) is 0 Å². The van der Waals surface area contributed by atoms with Crippen molar-refractivity contribution in [1.29, 1.82) is 0 Å². The first kappa shape index (κ1) is 15.7. The summed E-state index contributed by atoms with van der Waals surface area (Å²) in [7, 11) is 2.04. The second-order valence-electron chi connectivity index (χ2n) is 6.60. The van der Waals surface area contributed by atoms with Gasteiger partial charge in [-0.25, -0.2) is 9.97 Å². The molecule has 0 atom stereocenters. The van der Waals surface area contributed by atoms with Gasteiger partial charge in [0.25, 0.3) is 0 Å². The van der Waals surface area contributed by atoms with Gasteiger partial charge in [-0.05, 0) is 41.5 Å². The average Bonchev–Trinajstić information content (AvgIpc) is 2.25. The first-order valence-corrected chi connectivity index (χ1v) is 6.63. The molecule has 0 spiro atoms.